The van der Waals surface area contributed by atoms with Crippen LogP contribution in [0.15, 0.2) is 29.3 Å². The van der Waals surface area contributed by atoms with E-state index in [0.717, 1.165) is 31.2 Å². The number of amides is 1. The Morgan fingerprint density at radius 3 is 2.64 bits per heavy atom. The van der Waals surface area contributed by atoms with E-state index in [1.165, 1.54) is 22.5 Å². The molecule has 0 saturated heterocycles. The molecule has 0 spiro atoms. The van der Waals surface area contributed by atoms with Gasteiger partial charge < -0.3 is 0 Å². The predicted octanol–water partition coefficient (Wildman–Crippen LogP) is 0.813. The van der Waals surface area contributed by atoms with Crippen LogP contribution < -0.4 is 4.72 Å². The van der Waals surface area contributed by atoms with Gasteiger partial charge in [0.05, 0.1) is 11.1 Å². The summed E-state index contributed by atoms with van der Waals surface area (Å²) in [4.78, 5) is 12.0. The quantitative estimate of drug-likeness (QED) is 0.903. The van der Waals surface area contributed by atoms with Crippen molar-refractivity contribution in [1.82, 2.24) is 19.7 Å². The van der Waals surface area contributed by atoms with Crippen molar-refractivity contribution in [2.24, 2.45) is 7.05 Å². The highest BCUT2D eigenvalue weighted by Crippen LogP contribution is 2.24. The zero-order valence-electron chi connectivity index (χ0n) is 12.1. The molecule has 1 N–H and O–H groups in total. The molecule has 1 amide bonds. The fourth-order valence-electron chi connectivity index (χ4n) is 2.56. The van der Waals surface area contributed by atoms with Crippen molar-refractivity contribution in [3.8, 4) is 0 Å². The standard InChI is InChI=1S/C14H16N4O3S/c1-18-9-13(15-17-18)14(19)16-22(20,21)12-7-6-10-4-2-3-5-11(10)8-12/h6-9H,2-5H2,1H3,(H,16,19). The molecule has 0 radical (unpaired) electrons. The number of benzene rings is 1. The number of nitrogens with zero attached hydrogens (tertiary/aromatic N) is 3. The molecule has 1 heterocycles. The molecule has 0 fully saturated rings. The van der Waals surface area contributed by atoms with Crippen LogP contribution in [0.25, 0.3) is 0 Å². The van der Waals surface area contributed by atoms with Crippen LogP contribution in [-0.2, 0) is 29.9 Å². The van der Waals surface area contributed by atoms with Crippen molar-refractivity contribution in [2.75, 3.05) is 0 Å². The molecule has 1 aromatic carbocycles. The lowest BCUT2D eigenvalue weighted by Gasteiger charge is -2.16. The molecule has 0 bridgehead atoms. The lowest BCUT2D eigenvalue weighted by atomic mass is 9.92. The van der Waals surface area contributed by atoms with Crippen LogP contribution in [0.1, 0.15) is 34.5 Å². The number of aromatic nitrogens is 3. The van der Waals surface area contributed by atoms with Gasteiger partial charge in [-0.25, -0.2) is 13.1 Å². The molecule has 0 saturated carbocycles. The summed E-state index contributed by atoms with van der Waals surface area (Å²) in [5.41, 5.74) is 2.19. The molecule has 116 valence electrons. The Morgan fingerprint density at radius 2 is 1.95 bits per heavy atom. The molecule has 7 nitrogen and oxygen atoms in total. The first-order valence-corrected chi connectivity index (χ1v) is 8.49. The third kappa shape index (κ3) is 2.87. The average molecular weight is 320 g/mol. The Kier molecular flexibility index (Phi) is 3.69. The summed E-state index contributed by atoms with van der Waals surface area (Å²) in [5.74, 6) is -0.786. The van der Waals surface area contributed by atoms with Gasteiger partial charge in [0.1, 0.15) is 0 Å². The summed E-state index contributed by atoms with van der Waals surface area (Å²) in [6.45, 7) is 0. The molecule has 0 unspecified atom stereocenters. The van der Waals surface area contributed by atoms with E-state index in [9.17, 15) is 13.2 Å². The highest BCUT2D eigenvalue weighted by molar-refractivity contribution is 7.90. The van der Waals surface area contributed by atoms with E-state index in [1.807, 2.05) is 10.8 Å². The van der Waals surface area contributed by atoms with E-state index in [0.29, 0.717) is 0 Å². The van der Waals surface area contributed by atoms with Gasteiger partial charge in [-0.1, -0.05) is 11.3 Å². The molecule has 3 rings (SSSR count). The van der Waals surface area contributed by atoms with Crippen molar-refractivity contribution in [3.05, 3.63) is 41.2 Å². The molecular formula is C14H16N4O3S. The number of nitrogens with one attached hydrogen (secondary N) is 1. The van der Waals surface area contributed by atoms with Gasteiger partial charge in [0, 0.05) is 7.05 Å². The van der Waals surface area contributed by atoms with Crippen LogP contribution in [0.3, 0.4) is 0 Å². The zero-order chi connectivity index (χ0) is 15.7. The zero-order valence-corrected chi connectivity index (χ0v) is 12.9. The monoisotopic (exact) mass is 320 g/mol. The first kappa shape index (κ1) is 14.7. The maximum Gasteiger partial charge on any atom is 0.287 e. The average Bonchev–Trinajstić information content (AvgIpc) is 2.93. The minimum absolute atomic E-state index is 0.0379. The van der Waals surface area contributed by atoms with Gasteiger partial charge in [-0.2, -0.15) is 0 Å². The Labute approximate surface area is 128 Å². The van der Waals surface area contributed by atoms with Crippen LogP contribution in [0.5, 0.6) is 0 Å². The highest BCUT2D eigenvalue weighted by atomic mass is 32.2. The third-order valence-corrected chi connectivity index (χ3v) is 5.02. The Morgan fingerprint density at radius 1 is 1.23 bits per heavy atom. The van der Waals surface area contributed by atoms with Gasteiger partial charge in [0.15, 0.2) is 5.69 Å². The first-order valence-electron chi connectivity index (χ1n) is 7.01. The summed E-state index contributed by atoms with van der Waals surface area (Å²) in [7, 11) is -2.31. The van der Waals surface area contributed by atoms with E-state index < -0.39 is 15.9 Å². The second-order valence-corrected chi connectivity index (χ2v) is 7.03. The Balaban J connectivity index is 1.85. The molecule has 1 aliphatic carbocycles. The lowest BCUT2D eigenvalue weighted by molar-refractivity contribution is 0.0976. The van der Waals surface area contributed by atoms with E-state index in [-0.39, 0.29) is 10.6 Å². The second kappa shape index (κ2) is 5.53. The molecule has 22 heavy (non-hydrogen) atoms. The first-order chi connectivity index (χ1) is 10.5. The molecular weight excluding hydrogens is 304 g/mol. The number of hydrogen-bond acceptors (Lipinski definition) is 5. The number of sulfonamides is 1. The molecule has 1 aliphatic rings. The SMILES string of the molecule is Cn1cc(C(=O)NS(=O)(=O)c2ccc3c(c2)CCCC3)nn1. The van der Waals surface area contributed by atoms with Crippen LogP contribution in [0.2, 0.25) is 0 Å². The van der Waals surface area contributed by atoms with Crippen molar-refractivity contribution in [1.29, 1.82) is 0 Å². The fraction of sp³-hybridized carbons (Fsp3) is 0.357. The third-order valence-electron chi connectivity index (χ3n) is 3.69. The van der Waals surface area contributed by atoms with Crippen molar-refractivity contribution >= 4 is 15.9 Å². The number of hydrogen-bond donors (Lipinski definition) is 1. The van der Waals surface area contributed by atoms with Crippen LogP contribution in [0, 0.1) is 0 Å². The summed E-state index contributed by atoms with van der Waals surface area (Å²) < 4.78 is 28.0. The molecule has 8 heteroatoms. The molecule has 2 aromatic rings. The van der Waals surface area contributed by atoms with E-state index >= 15 is 0 Å². The molecule has 0 aliphatic heterocycles. The summed E-state index contributed by atoms with van der Waals surface area (Å²) >= 11 is 0. The maximum atomic E-state index is 12.3. The van der Waals surface area contributed by atoms with Gasteiger partial charge >= 0.3 is 0 Å². The molecule has 0 atom stereocenters. The van der Waals surface area contributed by atoms with Crippen molar-refractivity contribution in [3.63, 3.8) is 0 Å². The van der Waals surface area contributed by atoms with Crippen LogP contribution in [0.4, 0.5) is 0 Å². The Hall–Kier alpha value is -2.22. The van der Waals surface area contributed by atoms with Gasteiger partial charge in [0.25, 0.3) is 15.9 Å². The number of carbonyl (C=O) groups excluding carboxylic acids is 1. The fourth-order valence-corrected chi connectivity index (χ4v) is 3.57. The number of fused-ring (bicyclic) bond motifs is 1. The predicted molar refractivity (Wildman–Crippen MR) is 78.7 cm³/mol. The normalized spacial score (nSPS) is 14.4. The Bertz CT molecular complexity index is 826. The smallest absolute Gasteiger partial charge is 0.266 e. The number of aryl methyl sites for hydroxylation is 3. The van der Waals surface area contributed by atoms with E-state index in [4.69, 9.17) is 0 Å². The number of carbonyl (C=O) groups is 1. The van der Waals surface area contributed by atoms with Gasteiger partial charge in [0.2, 0.25) is 0 Å². The van der Waals surface area contributed by atoms with Gasteiger partial charge in [-0.3, -0.25) is 9.48 Å². The summed E-state index contributed by atoms with van der Waals surface area (Å²) in [6.07, 6.45) is 5.39. The molecule has 1 aromatic heterocycles. The van der Waals surface area contributed by atoms with Gasteiger partial charge in [-0.15, -0.1) is 5.10 Å². The van der Waals surface area contributed by atoms with Crippen LogP contribution >= 0.6 is 0 Å². The van der Waals surface area contributed by atoms with Crippen molar-refractivity contribution in [2.45, 2.75) is 30.6 Å². The van der Waals surface area contributed by atoms with Gasteiger partial charge in [-0.05, 0) is 48.9 Å². The van der Waals surface area contributed by atoms with E-state index in [1.54, 1.807) is 13.1 Å². The van der Waals surface area contributed by atoms with E-state index in [2.05, 4.69) is 10.3 Å². The lowest BCUT2D eigenvalue weighted by Crippen LogP contribution is -2.31. The second-order valence-electron chi connectivity index (χ2n) is 5.35. The summed E-state index contributed by atoms with van der Waals surface area (Å²) in [5, 5.41) is 7.21. The van der Waals surface area contributed by atoms with Crippen LogP contribution in [-0.4, -0.2) is 29.3 Å². The van der Waals surface area contributed by atoms with Crippen molar-refractivity contribution < 1.29 is 13.2 Å². The highest BCUT2D eigenvalue weighted by Gasteiger charge is 2.22. The largest absolute Gasteiger partial charge is 0.287 e. The summed E-state index contributed by atoms with van der Waals surface area (Å²) in [6, 6.07) is 5.02. The minimum atomic E-state index is -3.91. The number of rotatable bonds is 3. The topological polar surface area (TPSA) is 94.0 Å². The maximum absolute atomic E-state index is 12.3. The minimum Gasteiger partial charge on any atom is -0.266 e.